The molecule has 0 radical (unpaired) electrons. The number of hydrogen-bond acceptors (Lipinski definition) is 3. The molecule has 0 aromatic rings. The molecule has 1 heterocycles. The molecule has 0 spiro atoms. The Morgan fingerprint density at radius 3 is 2.58 bits per heavy atom. The standard InChI is InChI=1S/C6H5Br2ClO3/c1-11-6-2(4(7)8)3(9)5(10)12-6/h4,6H,1H3. The molecule has 0 fully saturated rings. The number of methoxy groups -OCH3 is 1. The molecule has 1 atom stereocenters. The average molecular weight is 320 g/mol. The lowest BCUT2D eigenvalue weighted by molar-refractivity contribution is -0.155. The maximum absolute atomic E-state index is 10.9. The van der Waals surface area contributed by atoms with E-state index in [0.717, 1.165) is 0 Å². The molecule has 0 aromatic carbocycles. The number of rotatable bonds is 2. The van der Waals surface area contributed by atoms with Gasteiger partial charge in [-0.2, -0.15) is 0 Å². The predicted octanol–water partition coefficient (Wildman–Crippen LogP) is 2.12. The predicted molar refractivity (Wildman–Crippen MR) is 51.4 cm³/mol. The van der Waals surface area contributed by atoms with Crippen molar-refractivity contribution in [1.82, 2.24) is 0 Å². The van der Waals surface area contributed by atoms with Gasteiger partial charge < -0.3 is 9.47 Å². The van der Waals surface area contributed by atoms with Gasteiger partial charge in [-0.05, 0) is 0 Å². The second-order valence-corrected chi connectivity index (χ2v) is 5.48. The maximum Gasteiger partial charge on any atom is 0.352 e. The fraction of sp³-hybridized carbons (Fsp3) is 0.500. The van der Waals surface area contributed by atoms with Crippen LogP contribution >= 0.6 is 43.5 Å². The third kappa shape index (κ3) is 1.84. The zero-order chi connectivity index (χ0) is 9.30. The Morgan fingerprint density at radius 1 is 1.67 bits per heavy atom. The first-order valence-electron chi connectivity index (χ1n) is 2.99. The van der Waals surface area contributed by atoms with Crippen LogP contribution < -0.4 is 0 Å². The molecule has 0 amide bonds. The smallest absolute Gasteiger partial charge is 0.352 e. The number of alkyl halides is 2. The Morgan fingerprint density at radius 2 is 2.25 bits per heavy atom. The van der Waals surface area contributed by atoms with Crippen LogP contribution in [-0.4, -0.2) is 23.1 Å². The maximum atomic E-state index is 10.9. The van der Waals surface area contributed by atoms with E-state index in [2.05, 4.69) is 31.9 Å². The van der Waals surface area contributed by atoms with Gasteiger partial charge in [-0.15, -0.1) is 0 Å². The zero-order valence-electron chi connectivity index (χ0n) is 6.01. The first-order chi connectivity index (χ1) is 5.57. The Balaban J connectivity index is 2.95. The van der Waals surface area contributed by atoms with Gasteiger partial charge in [0.25, 0.3) is 0 Å². The van der Waals surface area contributed by atoms with E-state index in [1.54, 1.807) is 0 Å². The summed E-state index contributed by atoms with van der Waals surface area (Å²) in [6.07, 6.45) is -0.686. The van der Waals surface area contributed by atoms with Crippen molar-refractivity contribution in [2.45, 2.75) is 10.0 Å². The lowest BCUT2D eigenvalue weighted by Crippen LogP contribution is -2.16. The molecule has 0 saturated heterocycles. The summed E-state index contributed by atoms with van der Waals surface area (Å²) in [6.45, 7) is 0. The molecule has 1 aliphatic rings. The number of halogens is 3. The Bertz CT molecular complexity index is 239. The Kier molecular flexibility index (Phi) is 3.58. The third-order valence-electron chi connectivity index (χ3n) is 1.35. The van der Waals surface area contributed by atoms with Crippen LogP contribution in [0.1, 0.15) is 0 Å². The Hall–Kier alpha value is 0.420. The summed E-state index contributed by atoms with van der Waals surface area (Å²) in [5.41, 5.74) is 0.559. The summed E-state index contributed by atoms with van der Waals surface area (Å²) in [5.74, 6) is -0.553. The first kappa shape index (κ1) is 10.5. The molecule has 1 rings (SSSR count). The van der Waals surface area contributed by atoms with E-state index in [1.165, 1.54) is 7.11 Å². The van der Waals surface area contributed by atoms with Crippen LogP contribution in [0.15, 0.2) is 10.6 Å². The molecule has 0 aliphatic carbocycles. The number of carbonyl (C=O) groups excluding carboxylic acids is 1. The van der Waals surface area contributed by atoms with Gasteiger partial charge in [-0.3, -0.25) is 0 Å². The van der Waals surface area contributed by atoms with Crippen molar-refractivity contribution < 1.29 is 14.3 Å². The highest BCUT2D eigenvalue weighted by molar-refractivity contribution is 9.24. The topological polar surface area (TPSA) is 35.5 Å². The van der Waals surface area contributed by atoms with Crippen molar-refractivity contribution >= 4 is 49.4 Å². The SMILES string of the molecule is COC1OC(=O)C(Cl)=C1C(Br)Br. The number of ether oxygens (including phenoxy) is 2. The molecule has 0 N–H and O–H groups in total. The molecule has 68 valence electrons. The fourth-order valence-electron chi connectivity index (χ4n) is 0.807. The van der Waals surface area contributed by atoms with E-state index in [1.807, 2.05) is 0 Å². The van der Waals surface area contributed by atoms with Crippen molar-refractivity contribution in [2.75, 3.05) is 7.11 Å². The second kappa shape index (κ2) is 4.09. The summed E-state index contributed by atoms with van der Waals surface area (Å²) in [5, 5.41) is 0.0700. The van der Waals surface area contributed by atoms with E-state index in [0.29, 0.717) is 5.57 Å². The van der Waals surface area contributed by atoms with Gasteiger partial charge >= 0.3 is 5.97 Å². The van der Waals surface area contributed by atoms with Gasteiger partial charge in [0.05, 0.1) is 3.74 Å². The lowest BCUT2D eigenvalue weighted by atomic mass is 10.3. The molecule has 1 unspecified atom stereocenters. The highest BCUT2D eigenvalue weighted by Crippen LogP contribution is 2.34. The van der Waals surface area contributed by atoms with Crippen molar-refractivity contribution in [3.8, 4) is 0 Å². The van der Waals surface area contributed by atoms with Crippen molar-refractivity contribution in [1.29, 1.82) is 0 Å². The van der Waals surface area contributed by atoms with Crippen LogP contribution in [0.2, 0.25) is 0 Å². The highest BCUT2D eigenvalue weighted by atomic mass is 79.9. The number of cyclic esters (lactones) is 1. The van der Waals surface area contributed by atoms with Crippen LogP contribution in [0.4, 0.5) is 0 Å². The fourth-order valence-corrected chi connectivity index (χ4v) is 2.20. The first-order valence-corrected chi connectivity index (χ1v) is 5.20. The number of hydrogen-bond donors (Lipinski definition) is 0. The molecular weight excluding hydrogens is 315 g/mol. The van der Waals surface area contributed by atoms with Gasteiger partial charge in [0, 0.05) is 12.7 Å². The largest absolute Gasteiger partial charge is 0.427 e. The minimum atomic E-state index is -0.686. The molecule has 0 saturated carbocycles. The minimum absolute atomic E-state index is 0.0700. The molecular formula is C6H5Br2ClO3. The average Bonchev–Trinajstić information content (AvgIpc) is 2.28. The summed E-state index contributed by atoms with van der Waals surface area (Å²) in [6, 6.07) is 0. The second-order valence-electron chi connectivity index (χ2n) is 2.04. The quantitative estimate of drug-likeness (QED) is 0.577. The summed E-state index contributed by atoms with van der Waals surface area (Å²) >= 11 is 12.1. The molecule has 3 nitrogen and oxygen atoms in total. The summed E-state index contributed by atoms with van der Waals surface area (Å²) in [4.78, 5) is 10.9. The van der Waals surface area contributed by atoms with Gasteiger partial charge in [-0.1, -0.05) is 43.5 Å². The normalized spacial score (nSPS) is 23.8. The minimum Gasteiger partial charge on any atom is -0.427 e. The van der Waals surface area contributed by atoms with E-state index in [4.69, 9.17) is 21.1 Å². The molecule has 6 heteroatoms. The molecule has 12 heavy (non-hydrogen) atoms. The Labute approximate surface area is 91.3 Å². The monoisotopic (exact) mass is 318 g/mol. The van der Waals surface area contributed by atoms with Gasteiger partial charge in [0.1, 0.15) is 5.03 Å². The lowest BCUT2D eigenvalue weighted by Gasteiger charge is -2.11. The van der Waals surface area contributed by atoms with Crippen LogP contribution in [0.5, 0.6) is 0 Å². The van der Waals surface area contributed by atoms with Gasteiger partial charge in [0.15, 0.2) is 0 Å². The van der Waals surface area contributed by atoms with Gasteiger partial charge in [-0.25, -0.2) is 4.79 Å². The van der Waals surface area contributed by atoms with Gasteiger partial charge in [0.2, 0.25) is 6.29 Å². The van der Waals surface area contributed by atoms with E-state index < -0.39 is 12.3 Å². The molecule has 0 aromatic heterocycles. The summed E-state index contributed by atoms with van der Waals surface area (Å²) < 4.78 is 9.44. The van der Waals surface area contributed by atoms with Crippen LogP contribution in [0.3, 0.4) is 0 Å². The number of carbonyl (C=O) groups is 1. The van der Waals surface area contributed by atoms with Crippen molar-refractivity contribution in [2.24, 2.45) is 0 Å². The number of esters is 1. The van der Waals surface area contributed by atoms with E-state index in [-0.39, 0.29) is 8.77 Å². The van der Waals surface area contributed by atoms with Crippen molar-refractivity contribution in [3.05, 3.63) is 10.6 Å². The van der Waals surface area contributed by atoms with Crippen LogP contribution in [0.25, 0.3) is 0 Å². The summed E-state index contributed by atoms with van der Waals surface area (Å²) in [7, 11) is 1.44. The van der Waals surface area contributed by atoms with Crippen LogP contribution in [-0.2, 0) is 14.3 Å². The van der Waals surface area contributed by atoms with Crippen molar-refractivity contribution in [3.63, 3.8) is 0 Å². The molecule has 1 aliphatic heterocycles. The highest BCUT2D eigenvalue weighted by Gasteiger charge is 2.35. The van der Waals surface area contributed by atoms with Crippen LogP contribution in [0, 0.1) is 0 Å². The molecule has 0 bridgehead atoms. The zero-order valence-corrected chi connectivity index (χ0v) is 9.94. The van der Waals surface area contributed by atoms with E-state index >= 15 is 0 Å². The third-order valence-corrected chi connectivity index (χ3v) is 2.71. The van der Waals surface area contributed by atoms with E-state index in [9.17, 15) is 4.79 Å².